The summed E-state index contributed by atoms with van der Waals surface area (Å²) in [7, 11) is 0. The number of rotatable bonds is 0. The van der Waals surface area contributed by atoms with E-state index in [1.54, 1.807) is 0 Å². The van der Waals surface area contributed by atoms with E-state index in [0.717, 1.165) is 0 Å². The molecule has 1 aliphatic rings. The lowest BCUT2D eigenvalue weighted by atomic mass is 10.8. The third-order valence-electron chi connectivity index (χ3n) is 0.681. The summed E-state index contributed by atoms with van der Waals surface area (Å²) in [6.45, 7) is 1.21. The Morgan fingerprint density at radius 2 is 2.30 bits per heavy atom. The highest BCUT2D eigenvalue weighted by Crippen LogP contribution is 2.18. The summed E-state index contributed by atoms with van der Waals surface area (Å²) in [4.78, 5) is 3.15. The first-order valence-electron chi connectivity index (χ1n) is 2.36. The van der Waals surface area contributed by atoms with Crippen LogP contribution in [0.2, 0.25) is 0 Å². The van der Waals surface area contributed by atoms with Crippen LogP contribution >= 0.6 is 0 Å². The fourth-order valence-electron chi connectivity index (χ4n) is 0.412. The molecule has 6 heteroatoms. The maximum absolute atomic E-state index is 11.3. The first-order valence-corrected chi connectivity index (χ1v) is 2.36. The Hall–Kier alpha value is -0.940. The highest BCUT2D eigenvalue weighted by Gasteiger charge is 2.34. The summed E-state index contributed by atoms with van der Waals surface area (Å²) < 4.78 is 41.5. The molecular formula is C4H3F3NO2. The summed E-state index contributed by atoms with van der Waals surface area (Å²) in [6.07, 6.45) is -5.45. The summed E-state index contributed by atoms with van der Waals surface area (Å²) >= 11 is 0. The second-order valence-electron chi connectivity index (χ2n) is 1.44. The number of hydrogen-bond acceptors (Lipinski definition) is 3. The number of hydrogen-bond donors (Lipinski definition) is 0. The van der Waals surface area contributed by atoms with Gasteiger partial charge in [0.25, 0.3) is 0 Å². The van der Waals surface area contributed by atoms with Crippen molar-refractivity contribution in [1.82, 2.24) is 0 Å². The Kier molecular flexibility index (Phi) is 1.69. The molecule has 0 fully saturated rings. The summed E-state index contributed by atoms with van der Waals surface area (Å²) in [5.41, 5.74) is 0. The lowest BCUT2D eigenvalue weighted by molar-refractivity contribution is -0.290. The van der Waals surface area contributed by atoms with Crippen molar-refractivity contribution in [3.8, 4) is 0 Å². The number of halogens is 3. The van der Waals surface area contributed by atoms with Crippen LogP contribution in [0.25, 0.3) is 0 Å². The quantitative estimate of drug-likeness (QED) is 0.522. The van der Waals surface area contributed by atoms with E-state index in [2.05, 4.69) is 14.5 Å². The molecule has 0 aromatic rings. The largest absolute Gasteiger partial charge is 0.576 e. The average molecular weight is 154 g/mol. The Labute approximate surface area is 54.4 Å². The molecular weight excluding hydrogens is 151 g/mol. The zero-order chi connectivity index (χ0) is 7.61. The number of nitrogens with zero attached hydrogens (tertiary/aromatic N) is 1. The molecule has 0 atom stereocenters. The molecule has 0 aromatic heterocycles. The first kappa shape index (κ1) is 7.17. The molecule has 0 spiro atoms. The number of ether oxygens (including phenoxy) is 2. The molecule has 0 saturated heterocycles. The van der Waals surface area contributed by atoms with Crippen molar-refractivity contribution in [2.45, 2.75) is 6.36 Å². The van der Waals surface area contributed by atoms with Gasteiger partial charge in [-0.3, -0.25) is 0 Å². The van der Waals surface area contributed by atoms with Crippen molar-refractivity contribution in [3.63, 3.8) is 0 Å². The van der Waals surface area contributed by atoms with E-state index in [1.165, 1.54) is 6.54 Å². The van der Waals surface area contributed by atoms with Gasteiger partial charge >= 0.3 is 12.4 Å². The Balaban J connectivity index is 2.38. The van der Waals surface area contributed by atoms with Crippen molar-refractivity contribution < 1.29 is 22.6 Å². The third-order valence-corrected chi connectivity index (χ3v) is 0.681. The number of aliphatic imine (C=N–C) groups is 1. The van der Waals surface area contributed by atoms with E-state index in [9.17, 15) is 13.2 Å². The predicted octanol–water partition coefficient (Wildman–Crippen LogP) is 1.07. The molecule has 3 nitrogen and oxygen atoms in total. The van der Waals surface area contributed by atoms with E-state index in [-0.39, 0.29) is 6.61 Å². The molecule has 1 rings (SSSR count). The molecule has 10 heavy (non-hydrogen) atoms. The standard InChI is InChI=1S/C4H3F3NO2/c5-4(6,7)10-3-8-1-2-9-3/h1H,2H2. The van der Waals surface area contributed by atoms with Crippen LogP contribution < -0.4 is 0 Å². The maximum Gasteiger partial charge on any atom is 0.576 e. The third kappa shape index (κ3) is 2.12. The van der Waals surface area contributed by atoms with Crippen LogP contribution in [0.4, 0.5) is 13.2 Å². The van der Waals surface area contributed by atoms with Crippen LogP contribution in [0.1, 0.15) is 0 Å². The zero-order valence-electron chi connectivity index (χ0n) is 4.68. The minimum Gasteiger partial charge on any atom is -0.448 e. The molecule has 1 aliphatic heterocycles. The van der Waals surface area contributed by atoms with Crippen molar-refractivity contribution in [3.05, 3.63) is 6.54 Å². The van der Waals surface area contributed by atoms with Gasteiger partial charge in [0, 0.05) is 0 Å². The second kappa shape index (κ2) is 2.36. The molecule has 0 aliphatic carbocycles. The molecule has 0 saturated carbocycles. The van der Waals surface area contributed by atoms with Crippen LogP contribution in [0.15, 0.2) is 4.99 Å². The number of alkyl halides is 3. The van der Waals surface area contributed by atoms with Crippen LogP contribution in [0.5, 0.6) is 0 Å². The smallest absolute Gasteiger partial charge is 0.448 e. The second-order valence-corrected chi connectivity index (χ2v) is 1.44. The van der Waals surface area contributed by atoms with Crippen LogP contribution in [0, 0.1) is 6.54 Å². The van der Waals surface area contributed by atoms with Crippen molar-refractivity contribution in [1.29, 1.82) is 0 Å². The molecule has 0 amide bonds. The highest BCUT2D eigenvalue weighted by molar-refractivity contribution is 5.69. The Morgan fingerprint density at radius 1 is 1.60 bits per heavy atom. The fourth-order valence-corrected chi connectivity index (χ4v) is 0.412. The van der Waals surface area contributed by atoms with Gasteiger partial charge in [0.1, 0.15) is 13.2 Å². The molecule has 1 radical (unpaired) electrons. The van der Waals surface area contributed by atoms with Gasteiger partial charge in [0.15, 0.2) is 0 Å². The minimum atomic E-state index is -4.71. The van der Waals surface area contributed by atoms with Gasteiger partial charge in [-0.25, -0.2) is 4.99 Å². The van der Waals surface area contributed by atoms with Gasteiger partial charge in [0.2, 0.25) is 0 Å². The Bertz CT molecular complexity index is 153. The van der Waals surface area contributed by atoms with Crippen molar-refractivity contribution >= 4 is 6.08 Å². The van der Waals surface area contributed by atoms with Gasteiger partial charge in [-0.2, -0.15) is 0 Å². The van der Waals surface area contributed by atoms with E-state index < -0.39 is 12.4 Å². The average Bonchev–Trinajstić information content (AvgIpc) is 2.12. The maximum atomic E-state index is 11.3. The highest BCUT2D eigenvalue weighted by atomic mass is 19.4. The van der Waals surface area contributed by atoms with Crippen LogP contribution in [-0.2, 0) is 9.47 Å². The van der Waals surface area contributed by atoms with Gasteiger partial charge in [0.05, 0.1) is 0 Å². The molecule has 0 aromatic carbocycles. The monoisotopic (exact) mass is 154 g/mol. The van der Waals surface area contributed by atoms with E-state index >= 15 is 0 Å². The van der Waals surface area contributed by atoms with E-state index in [1.807, 2.05) is 0 Å². The zero-order valence-corrected chi connectivity index (χ0v) is 4.68. The van der Waals surface area contributed by atoms with E-state index in [4.69, 9.17) is 0 Å². The van der Waals surface area contributed by atoms with Gasteiger partial charge in [-0.05, 0) is 0 Å². The molecule has 0 N–H and O–H groups in total. The van der Waals surface area contributed by atoms with E-state index in [0.29, 0.717) is 0 Å². The normalized spacial score (nSPS) is 18.1. The lowest BCUT2D eigenvalue weighted by Crippen LogP contribution is -2.19. The van der Waals surface area contributed by atoms with Gasteiger partial charge in [-0.1, -0.05) is 0 Å². The predicted molar refractivity (Wildman–Crippen MR) is 24.8 cm³/mol. The summed E-state index contributed by atoms with van der Waals surface area (Å²) in [5.74, 6) is 0. The summed E-state index contributed by atoms with van der Waals surface area (Å²) in [5, 5.41) is 0. The fraction of sp³-hybridized carbons (Fsp3) is 0.500. The molecule has 57 valence electrons. The minimum absolute atomic E-state index is 0.0331. The molecule has 1 heterocycles. The van der Waals surface area contributed by atoms with Gasteiger partial charge < -0.3 is 9.47 Å². The van der Waals surface area contributed by atoms with Gasteiger partial charge in [-0.15, -0.1) is 13.2 Å². The Morgan fingerprint density at radius 3 is 2.70 bits per heavy atom. The lowest BCUT2D eigenvalue weighted by Gasteiger charge is -2.05. The SMILES string of the molecule is FC(F)(F)OC1=N[CH]CO1. The first-order chi connectivity index (χ1) is 4.58. The summed E-state index contributed by atoms with van der Waals surface area (Å²) in [6, 6.07) is 0. The molecule has 0 unspecified atom stereocenters. The topological polar surface area (TPSA) is 30.8 Å². The van der Waals surface area contributed by atoms with Crippen molar-refractivity contribution in [2.24, 2.45) is 4.99 Å². The molecule has 0 bridgehead atoms. The van der Waals surface area contributed by atoms with Crippen LogP contribution in [-0.4, -0.2) is 19.1 Å². The van der Waals surface area contributed by atoms with Crippen molar-refractivity contribution in [2.75, 3.05) is 6.61 Å². The van der Waals surface area contributed by atoms with Crippen LogP contribution in [0.3, 0.4) is 0 Å².